The highest BCUT2D eigenvalue weighted by Crippen LogP contribution is 2.24. The van der Waals surface area contributed by atoms with Gasteiger partial charge in [0.2, 0.25) is 0 Å². The average molecular weight is 487 g/mol. The molecule has 0 aliphatic carbocycles. The van der Waals surface area contributed by atoms with E-state index in [9.17, 15) is 9.59 Å². The molecule has 0 saturated heterocycles. The van der Waals surface area contributed by atoms with Crippen LogP contribution in [0.15, 0.2) is 58.3 Å². The third-order valence-electron chi connectivity index (χ3n) is 5.09. The minimum absolute atomic E-state index is 0.235. The van der Waals surface area contributed by atoms with Crippen LogP contribution in [0.3, 0.4) is 0 Å². The molecule has 0 fully saturated rings. The Morgan fingerprint density at radius 1 is 1.04 bits per heavy atom. The number of hydrogen-bond acceptors (Lipinski definition) is 2. The van der Waals surface area contributed by atoms with Crippen LogP contribution in [0.5, 0.6) is 0 Å². The fourth-order valence-electron chi connectivity index (χ4n) is 3.73. The van der Waals surface area contributed by atoms with Gasteiger partial charge >= 0.3 is 5.69 Å². The Labute approximate surface area is 176 Å². The minimum Gasteiger partial charge on any atom is -0.336 e. The van der Waals surface area contributed by atoms with Gasteiger partial charge in [-0.2, -0.15) is 0 Å². The van der Waals surface area contributed by atoms with Gasteiger partial charge in [-0.15, -0.1) is 0 Å². The van der Waals surface area contributed by atoms with Crippen molar-refractivity contribution in [2.45, 2.75) is 26.9 Å². The minimum atomic E-state index is -0.259. The Kier molecular flexibility index (Phi) is 4.91. The van der Waals surface area contributed by atoms with Gasteiger partial charge in [0.1, 0.15) is 0 Å². The van der Waals surface area contributed by atoms with Crippen LogP contribution in [0, 0.1) is 9.62 Å². The van der Waals surface area contributed by atoms with E-state index in [1.165, 1.54) is 20.9 Å². The number of halogens is 1. The van der Waals surface area contributed by atoms with Crippen LogP contribution in [-0.4, -0.2) is 13.7 Å². The van der Waals surface area contributed by atoms with Gasteiger partial charge < -0.3 is 4.57 Å². The normalized spacial score (nSPS) is 11.8. The van der Waals surface area contributed by atoms with Gasteiger partial charge in [-0.3, -0.25) is 13.9 Å². The molecule has 2 aromatic carbocycles. The van der Waals surface area contributed by atoms with E-state index in [0.717, 1.165) is 3.70 Å². The molecular weight excluding hydrogens is 465 g/mol. The molecule has 4 aromatic rings. The van der Waals surface area contributed by atoms with Crippen molar-refractivity contribution in [1.29, 1.82) is 0 Å². The molecule has 0 saturated carbocycles. The Bertz CT molecular complexity index is 1310. The van der Waals surface area contributed by atoms with Crippen molar-refractivity contribution in [3.8, 4) is 0 Å². The molecule has 0 radical (unpaired) electrons. The highest BCUT2D eigenvalue weighted by atomic mass is 127. The van der Waals surface area contributed by atoms with E-state index in [2.05, 4.69) is 71.3 Å². The van der Waals surface area contributed by atoms with Crippen LogP contribution >= 0.6 is 22.6 Å². The number of hydrogen-bond donors (Lipinski definition) is 0. The lowest BCUT2D eigenvalue weighted by molar-refractivity contribution is 0.502. The fourth-order valence-corrected chi connectivity index (χ4v) is 4.55. The maximum absolute atomic E-state index is 12.8. The molecule has 4 rings (SSSR count). The van der Waals surface area contributed by atoms with E-state index in [1.807, 2.05) is 18.3 Å². The van der Waals surface area contributed by atoms with E-state index in [4.69, 9.17) is 0 Å². The maximum atomic E-state index is 12.8. The zero-order valence-corrected chi connectivity index (χ0v) is 18.3. The zero-order chi connectivity index (χ0) is 20.0. The molecule has 6 heteroatoms. The lowest BCUT2D eigenvalue weighted by Gasteiger charge is -2.11. The topological polar surface area (TPSA) is 48.9 Å². The van der Waals surface area contributed by atoms with Gasteiger partial charge in [-0.25, -0.2) is 4.79 Å². The summed E-state index contributed by atoms with van der Waals surface area (Å²) in [5.74, 6) is 0.303. The molecular formula is C22H22IN3O2. The predicted molar refractivity (Wildman–Crippen MR) is 122 cm³/mol. The van der Waals surface area contributed by atoms with Crippen molar-refractivity contribution < 1.29 is 0 Å². The summed E-state index contributed by atoms with van der Waals surface area (Å²) in [6, 6.07) is 14.6. The monoisotopic (exact) mass is 487 g/mol. The first-order chi connectivity index (χ1) is 13.4. The Balaban J connectivity index is 1.94. The van der Waals surface area contributed by atoms with Gasteiger partial charge in [0.05, 0.1) is 14.6 Å². The highest BCUT2D eigenvalue weighted by Gasteiger charge is 2.18. The van der Waals surface area contributed by atoms with Crippen LogP contribution in [0.2, 0.25) is 0 Å². The molecule has 0 unspecified atom stereocenters. The summed E-state index contributed by atoms with van der Waals surface area (Å²) in [6.07, 6.45) is 1.95. The second-order valence-corrected chi connectivity index (χ2v) is 8.62. The molecule has 144 valence electrons. The van der Waals surface area contributed by atoms with E-state index >= 15 is 0 Å². The first kappa shape index (κ1) is 19.0. The summed E-state index contributed by atoms with van der Waals surface area (Å²) >= 11 is 2.22. The van der Waals surface area contributed by atoms with Crippen LogP contribution in [0.25, 0.3) is 21.7 Å². The molecule has 0 aliphatic rings. The Hall–Kier alpha value is -2.35. The fraction of sp³-hybridized carbons (Fsp3) is 0.273. The third-order valence-corrected chi connectivity index (χ3v) is 6.25. The molecule has 28 heavy (non-hydrogen) atoms. The quantitative estimate of drug-likeness (QED) is 0.410. The van der Waals surface area contributed by atoms with Crippen LogP contribution in [0.4, 0.5) is 0 Å². The van der Waals surface area contributed by atoms with Crippen molar-refractivity contribution in [2.75, 3.05) is 0 Å². The highest BCUT2D eigenvalue weighted by molar-refractivity contribution is 14.1. The van der Waals surface area contributed by atoms with Crippen LogP contribution in [0.1, 0.15) is 19.4 Å². The van der Waals surface area contributed by atoms with Crippen molar-refractivity contribution in [1.82, 2.24) is 13.7 Å². The van der Waals surface area contributed by atoms with Crippen molar-refractivity contribution >= 4 is 44.3 Å². The Morgan fingerprint density at radius 2 is 1.75 bits per heavy atom. The molecule has 2 heterocycles. The molecule has 0 spiro atoms. The standard InChI is InChI=1S/C22H22IN3O2/c1-14(2)11-26-18-13-25(20(23)19(18)21(27)24(3)22(26)28)12-16-9-6-8-15-7-4-5-10-17(15)16/h4-10,13-14H,11-12H2,1-3H3. The number of nitrogens with zero attached hydrogens (tertiary/aromatic N) is 3. The van der Waals surface area contributed by atoms with Crippen LogP contribution in [-0.2, 0) is 20.1 Å². The number of benzene rings is 2. The van der Waals surface area contributed by atoms with Crippen molar-refractivity contribution in [3.05, 3.63) is 78.8 Å². The lowest BCUT2D eigenvalue weighted by atomic mass is 10.0. The van der Waals surface area contributed by atoms with Crippen molar-refractivity contribution in [3.63, 3.8) is 0 Å². The first-order valence-electron chi connectivity index (χ1n) is 9.33. The smallest absolute Gasteiger partial charge is 0.331 e. The second kappa shape index (κ2) is 7.24. The van der Waals surface area contributed by atoms with Crippen LogP contribution < -0.4 is 11.2 Å². The molecule has 0 amide bonds. The molecule has 0 atom stereocenters. The summed E-state index contributed by atoms with van der Waals surface area (Å²) in [7, 11) is 1.55. The van der Waals surface area contributed by atoms with Crippen molar-refractivity contribution in [2.24, 2.45) is 13.0 Å². The van der Waals surface area contributed by atoms with Gasteiger partial charge in [0, 0.05) is 26.3 Å². The van der Waals surface area contributed by atoms with Gasteiger partial charge in [0.15, 0.2) is 0 Å². The number of rotatable bonds is 4. The molecule has 0 N–H and O–H groups in total. The van der Waals surface area contributed by atoms with E-state index in [1.54, 1.807) is 11.6 Å². The number of fused-ring (bicyclic) bond motifs is 2. The maximum Gasteiger partial charge on any atom is 0.331 e. The Morgan fingerprint density at radius 3 is 2.50 bits per heavy atom. The average Bonchev–Trinajstić information content (AvgIpc) is 3.00. The van der Waals surface area contributed by atoms with Gasteiger partial charge in [-0.1, -0.05) is 56.3 Å². The largest absolute Gasteiger partial charge is 0.336 e. The molecule has 0 bridgehead atoms. The first-order valence-corrected chi connectivity index (χ1v) is 10.4. The molecule has 2 aromatic heterocycles. The van der Waals surface area contributed by atoms with Gasteiger partial charge in [0.25, 0.3) is 5.56 Å². The SMILES string of the molecule is CC(C)Cn1c(=O)n(C)c(=O)c2c(I)n(Cc3cccc4ccccc34)cc21. The number of aromatic nitrogens is 3. The zero-order valence-electron chi connectivity index (χ0n) is 16.1. The van der Waals surface area contributed by atoms with E-state index in [0.29, 0.717) is 29.9 Å². The summed E-state index contributed by atoms with van der Waals surface area (Å²) in [5, 5.41) is 3.01. The molecule has 0 aliphatic heterocycles. The summed E-state index contributed by atoms with van der Waals surface area (Å²) in [6.45, 7) is 5.37. The van der Waals surface area contributed by atoms with E-state index < -0.39 is 0 Å². The van der Waals surface area contributed by atoms with Gasteiger partial charge in [-0.05, 0) is 44.8 Å². The lowest BCUT2D eigenvalue weighted by Crippen LogP contribution is -2.38. The second-order valence-electron chi connectivity index (χ2n) is 7.60. The third kappa shape index (κ3) is 3.09. The summed E-state index contributed by atoms with van der Waals surface area (Å²) in [4.78, 5) is 25.5. The predicted octanol–water partition coefficient (Wildman–Crippen LogP) is 3.96. The molecule has 5 nitrogen and oxygen atoms in total. The summed E-state index contributed by atoms with van der Waals surface area (Å²) < 4.78 is 5.88. The summed E-state index contributed by atoms with van der Waals surface area (Å²) in [5.41, 5.74) is 1.41. The van der Waals surface area contributed by atoms with E-state index in [-0.39, 0.29) is 11.2 Å².